The van der Waals surface area contributed by atoms with Crippen molar-refractivity contribution in [2.75, 3.05) is 23.7 Å². The van der Waals surface area contributed by atoms with E-state index < -0.39 is 17.4 Å². The molecule has 8 heteroatoms. The van der Waals surface area contributed by atoms with E-state index in [1.54, 1.807) is 12.1 Å². The van der Waals surface area contributed by atoms with Crippen molar-refractivity contribution in [3.63, 3.8) is 0 Å². The first-order chi connectivity index (χ1) is 12.0. The normalized spacial score (nSPS) is 16.3. The summed E-state index contributed by atoms with van der Waals surface area (Å²) in [5, 5.41) is 2.61. The fourth-order valence-electron chi connectivity index (χ4n) is 3.43. The minimum absolute atomic E-state index is 0.00787. The molecule has 2 amide bonds. The summed E-state index contributed by atoms with van der Waals surface area (Å²) in [7, 11) is 0. The Bertz CT molecular complexity index is 977. The maximum Gasteiger partial charge on any atom is 0.262 e. The van der Waals surface area contributed by atoms with Crippen molar-refractivity contribution in [3.05, 3.63) is 50.8 Å². The van der Waals surface area contributed by atoms with Gasteiger partial charge in [0.1, 0.15) is 5.82 Å². The molecule has 1 fully saturated rings. The lowest BCUT2D eigenvalue weighted by molar-refractivity contribution is 0.0880. The van der Waals surface area contributed by atoms with Crippen molar-refractivity contribution in [3.8, 4) is 5.69 Å². The molecular weight excluding hydrogens is 344 g/mol. The van der Waals surface area contributed by atoms with Crippen LogP contribution in [0.15, 0.2) is 29.1 Å². The van der Waals surface area contributed by atoms with Gasteiger partial charge in [-0.05, 0) is 31.0 Å². The first-order valence-electron chi connectivity index (χ1n) is 7.93. The highest BCUT2D eigenvalue weighted by molar-refractivity contribution is 6.31. The highest BCUT2D eigenvalue weighted by Crippen LogP contribution is 2.32. The van der Waals surface area contributed by atoms with Gasteiger partial charge in [-0.1, -0.05) is 11.6 Å². The number of rotatable bonds is 2. The third-order valence-electron chi connectivity index (χ3n) is 4.58. The van der Waals surface area contributed by atoms with Gasteiger partial charge in [0.05, 0.1) is 22.5 Å². The molecule has 3 N–H and O–H groups in total. The van der Waals surface area contributed by atoms with Crippen LogP contribution in [-0.2, 0) is 0 Å². The molecule has 2 aromatic rings. The van der Waals surface area contributed by atoms with Crippen molar-refractivity contribution in [2.45, 2.75) is 12.8 Å². The topological polar surface area (TPSA) is 97.4 Å². The van der Waals surface area contributed by atoms with Crippen LogP contribution >= 0.6 is 11.6 Å². The number of amides is 2. The number of carbonyl (C=O) groups excluding carboxylic acids is 2. The number of halogens is 1. The zero-order valence-corrected chi connectivity index (χ0v) is 14.0. The van der Waals surface area contributed by atoms with Gasteiger partial charge < -0.3 is 10.6 Å². The molecule has 4 rings (SSSR count). The highest BCUT2D eigenvalue weighted by Gasteiger charge is 2.32. The van der Waals surface area contributed by atoms with Crippen LogP contribution in [0.25, 0.3) is 5.69 Å². The van der Waals surface area contributed by atoms with Crippen LogP contribution in [0.1, 0.15) is 33.6 Å². The van der Waals surface area contributed by atoms with Crippen molar-refractivity contribution >= 4 is 34.9 Å². The molecule has 0 unspecified atom stereocenters. The second kappa shape index (κ2) is 5.63. The Morgan fingerprint density at radius 3 is 2.44 bits per heavy atom. The number of carbonyl (C=O) groups is 2. The largest absolute Gasteiger partial charge is 0.384 e. The fourth-order valence-corrected chi connectivity index (χ4v) is 3.60. The van der Waals surface area contributed by atoms with Crippen LogP contribution in [0.2, 0.25) is 5.02 Å². The molecule has 0 bridgehead atoms. The Kier molecular flexibility index (Phi) is 3.54. The summed E-state index contributed by atoms with van der Waals surface area (Å²) in [6.07, 6.45) is 2.13. The highest BCUT2D eigenvalue weighted by atomic mass is 35.5. The molecular formula is C17H15ClN4O3. The van der Waals surface area contributed by atoms with Gasteiger partial charge in [0.25, 0.3) is 17.4 Å². The van der Waals surface area contributed by atoms with Crippen molar-refractivity contribution < 1.29 is 9.59 Å². The maximum absolute atomic E-state index is 12.7. The molecule has 1 aromatic carbocycles. The standard InChI is InChI=1S/C17H15ClN4O3/c18-9-3-4-11(21-5-1-2-6-21)12(7-9)22-13(23)8-10-14(15(22)19)17(25)20-16(10)24/h3-4,7-8H,1-2,5-6,19H2,(H,20,24,25). The number of nitrogens with zero attached hydrogens (tertiary/aromatic N) is 2. The lowest BCUT2D eigenvalue weighted by Gasteiger charge is -2.23. The molecule has 25 heavy (non-hydrogen) atoms. The number of nitrogens with two attached hydrogens (primary N) is 1. The average molecular weight is 359 g/mol. The predicted molar refractivity (Wildman–Crippen MR) is 94.7 cm³/mol. The lowest BCUT2D eigenvalue weighted by Crippen LogP contribution is -2.27. The van der Waals surface area contributed by atoms with Crippen LogP contribution in [0, 0.1) is 0 Å². The van der Waals surface area contributed by atoms with Gasteiger partial charge in [0.2, 0.25) is 0 Å². The van der Waals surface area contributed by atoms with E-state index in [1.165, 1.54) is 4.57 Å². The van der Waals surface area contributed by atoms with Gasteiger partial charge in [-0.2, -0.15) is 0 Å². The zero-order valence-electron chi connectivity index (χ0n) is 13.2. The Labute approximate surface area is 148 Å². The molecule has 0 spiro atoms. The predicted octanol–water partition coefficient (Wildman–Crippen LogP) is 1.56. The lowest BCUT2D eigenvalue weighted by atomic mass is 10.1. The monoisotopic (exact) mass is 358 g/mol. The van der Waals surface area contributed by atoms with E-state index in [0.717, 1.165) is 37.7 Å². The quantitative estimate of drug-likeness (QED) is 0.794. The van der Waals surface area contributed by atoms with E-state index in [4.69, 9.17) is 17.3 Å². The molecule has 2 aliphatic heterocycles. The second-order valence-electron chi connectivity index (χ2n) is 6.10. The Balaban J connectivity index is 1.99. The fraction of sp³-hybridized carbons (Fsp3) is 0.235. The van der Waals surface area contributed by atoms with E-state index in [2.05, 4.69) is 10.2 Å². The van der Waals surface area contributed by atoms with Crippen molar-refractivity contribution in [1.29, 1.82) is 0 Å². The van der Waals surface area contributed by atoms with E-state index in [0.29, 0.717) is 10.7 Å². The molecule has 0 aliphatic carbocycles. The minimum Gasteiger partial charge on any atom is -0.384 e. The van der Waals surface area contributed by atoms with E-state index in [9.17, 15) is 14.4 Å². The first kappa shape index (κ1) is 15.7. The Morgan fingerprint density at radius 1 is 1.00 bits per heavy atom. The minimum atomic E-state index is -0.609. The molecule has 0 radical (unpaired) electrons. The molecule has 0 atom stereocenters. The van der Waals surface area contributed by atoms with Crippen molar-refractivity contribution in [1.82, 2.24) is 9.88 Å². The number of hydrogen-bond donors (Lipinski definition) is 2. The van der Waals surface area contributed by atoms with E-state index in [1.807, 2.05) is 6.07 Å². The van der Waals surface area contributed by atoms with Crippen LogP contribution in [-0.4, -0.2) is 29.5 Å². The molecule has 3 heterocycles. The second-order valence-corrected chi connectivity index (χ2v) is 6.54. The summed E-state index contributed by atoms with van der Waals surface area (Å²) in [6, 6.07) is 6.38. The van der Waals surface area contributed by atoms with E-state index in [-0.39, 0.29) is 16.9 Å². The first-order valence-corrected chi connectivity index (χ1v) is 8.31. The molecule has 7 nitrogen and oxygen atoms in total. The molecule has 2 aliphatic rings. The van der Waals surface area contributed by atoms with Crippen LogP contribution in [0.4, 0.5) is 11.5 Å². The van der Waals surface area contributed by atoms with Gasteiger partial charge in [0, 0.05) is 24.2 Å². The summed E-state index contributed by atoms with van der Waals surface area (Å²) in [6.45, 7) is 1.74. The molecule has 1 saturated heterocycles. The number of nitrogens with one attached hydrogen (secondary N) is 1. The summed E-state index contributed by atoms with van der Waals surface area (Å²) in [5.41, 5.74) is 7.00. The summed E-state index contributed by atoms with van der Waals surface area (Å²) in [4.78, 5) is 38.6. The summed E-state index contributed by atoms with van der Waals surface area (Å²) >= 11 is 6.14. The number of benzene rings is 1. The van der Waals surface area contributed by atoms with Gasteiger partial charge >= 0.3 is 0 Å². The van der Waals surface area contributed by atoms with E-state index >= 15 is 0 Å². The van der Waals surface area contributed by atoms with Crippen LogP contribution < -0.4 is 21.5 Å². The third-order valence-corrected chi connectivity index (χ3v) is 4.81. The van der Waals surface area contributed by atoms with Gasteiger partial charge in [-0.25, -0.2) is 0 Å². The van der Waals surface area contributed by atoms with Crippen LogP contribution in [0.3, 0.4) is 0 Å². The third kappa shape index (κ3) is 2.39. The number of fused-ring (bicyclic) bond motifs is 1. The number of aromatic nitrogens is 1. The molecule has 128 valence electrons. The molecule has 0 saturated carbocycles. The summed E-state index contributed by atoms with van der Waals surface area (Å²) in [5.74, 6) is -1.27. The van der Waals surface area contributed by atoms with Gasteiger partial charge in [-0.15, -0.1) is 0 Å². The van der Waals surface area contributed by atoms with Gasteiger partial charge in [-0.3, -0.25) is 24.3 Å². The zero-order chi connectivity index (χ0) is 17.7. The summed E-state index contributed by atoms with van der Waals surface area (Å²) < 4.78 is 1.25. The van der Waals surface area contributed by atoms with Gasteiger partial charge in [0.15, 0.2) is 0 Å². The average Bonchev–Trinajstić information content (AvgIpc) is 3.16. The van der Waals surface area contributed by atoms with Crippen molar-refractivity contribution in [2.24, 2.45) is 0 Å². The Morgan fingerprint density at radius 2 is 1.72 bits per heavy atom. The number of hydrogen-bond acceptors (Lipinski definition) is 5. The van der Waals surface area contributed by atoms with Crippen LogP contribution in [0.5, 0.6) is 0 Å². The number of pyridine rings is 1. The maximum atomic E-state index is 12.7. The Hall–Kier alpha value is -2.80. The number of anilines is 2. The smallest absolute Gasteiger partial charge is 0.262 e. The SMILES string of the molecule is Nc1c2c(cc(=O)n1-c1cc(Cl)ccc1N1CCCC1)C(=O)NC2=O. The number of imide groups is 1. The number of nitrogen functional groups attached to an aromatic ring is 1. The molecule has 1 aromatic heterocycles.